The number of nitrogens with one attached hydrogen (secondary N) is 1. The Morgan fingerprint density at radius 3 is 2.62 bits per heavy atom. The minimum absolute atomic E-state index is 0.740. The summed E-state index contributed by atoms with van der Waals surface area (Å²) in [5.74, 6) is -0.822. The molecule has 0 saturated carbocycles. The number of rotatable bonds is 2. The molecule has 3 nitrogen and oxygen atoms in total. The van der Waals surface area contributed by atoms with E-state index in [0.29, 0.717) is 0 Å². The molecule has 2 N–H and O–H groups in total. The summed E-state index contributed by atoms with van der Waals surface area (Å²) < 4.78 is 0. The third-order valence-electron chi connectivity index (χ3n) is 3.09. The van der Waals surface area contributed by atoms with Crippen LogP contribution in [-0.2, 0) is 10.2 Å². The Morgan fingerprint density at radius 2 is 2.06 bits per heavy atom. The van der Waals surface area contributed by atoms with Crippen molar-refractivity contribution < 1.29 is 9.90 Å². The van der Waals surface area contributed by atoms with E-state index in [1.807, 2.05) is 31.2 Å². The van der Waals surface area contributed by atoms with Gasteiger partial charge in [-0.15, -0.1) is 0 Å². The highest BCUT2D eigenvalue weighted by atomic mass is 16.4. The summed E-state index contributed by atoms with van der Waals surface area (Å²) in [4.78, 5) is 14.3. The second-order valence-electron chi connectivity index (χ2n) is 4.65. The van der Waals surface area contributed by atoms with Crippen molar-refractivity contribution in [2.24, 2.45) is 0 Å². The molecule has 0 spiro atoms. The number of hydrogen-bond acceptors (Lipinski definition) is 1. The van der Waals surface area contributed by atoms with Crippen LogP contribution in [0.1, 0.15) is 25.1 Å². The molecule has 0 aliphatic rings. The van der Waals surface area contributed by atoms with Crippen LogP contribution in [-0.4, -0.2) is 16.1 Å². The highest BCUT2D eigenvalue weighted by Gasteiger charge is 2.31. The van der Waals surface area contributed by atoms with Gasteiger partial charge in [0.25, 0.3) is 0 Å². The molecular weight excluding hydrogens is 202 g/mol. The standard InChI is InChI=1S/C13H15NO2/c1-8-5-4-6-10-9(8)7-11(14-10)13(2,3)12(15)16/h4-7,14H,1-3H3,(H,15,16). The quantitative estimate of drug-likeness (QED) is 0.812. The first kappa shape index (κ1) is 10.7. The van der Waals surface area contributed by atoms with Gasteiger partial charge in [0.2, 0.25) is 0 Å². The Bertz CT molecular complexity index is 552. The molecule has 0 atom stereocenters. The summed E-state index contributed by atoms with van der Waals surface area (Å²) in [6.07, 6.45) is 0. The molecule has 3 heteroatoms. The molecule has 1 aromatic carbocycles. The van der Waals surface area contributed by atoms with Crippen molar-refractivity contribution in [2.45, 2.75) is 26.2 Å². The zero-order chi connectivity index (χ0) is 11.9. The maximum Gasteiger partial charge on any atom is 0.315 e. The number of carboxylic acids is 1. The monoisotopic (exact) mass is 217 g/mol. The Labute approximate surface area is 94.1 Å². The molecule has 2 rings (SSSR count). The minimum atomic E-state index is -0.883. The molecule has 0 bridgehead atoms. The van der Waals surface area contributed by atoms with Gasteiger partial charge in [-0.1, -0.05) is 12.1 Å². The van der Waals surface area contributed by atoms with Crippen molar-refractivity contribution in [1.82, 2.24) is 4.98 Å². The van der Waals surface area contributed by atoms with Gasteiger partial charge >= 0.3 is 5.97 Å². The van der Waals surface area contributed by atoms with E-state index in [0.717, 1.165) is 22.2 Å². The van der Waals surface area contributed by atoms with Gasteiger partial charge in [0.05, 0.1) is 0 Å². The zero-order valence-corrected chi connectivity index (χ0v) is 9.66. The van der Waals surface area contributed by atoms with Crippen LogP contribution in [0.3, 0.4) is 0 Å². The molecule has 0 unspecified atom stereocenters. The van der Waals surface area contributed by atoms with E-state index in [9.17, 15) is 4.79 Å². The molecule has 0 aliphatic carbocycles. The van der Waals surface area contributed by atoms with Gasteiger partial charge in [-0.2, -0.15) is 0 Å². The summed E-state index contributed by atoms with van der Waals surface area (Å²) in [6.45, 7) is 5.43. The lowest BCUT2D eigenvalue weighted by molar-refractivity contribution is -0.142. The van der Waals surface area contributed by atoms with Crippen LogP contribution < -0.4 is 0 Å². The Balaban J connectivity index is 2.64. The molecule has 0 saturated heterocycles. The number of aromatic nitrogens is 1. The van der Waals surface area contributed by atoms with Crippen molar-refractivity contribution in [3.63, 3.8) is 0 Å². The van der Waals surface area contributed by atoms with Crippen LogP contribution in [0.4, 0.5) is 0 Å². The number of aliphatic carboxylic acids is 1. The summed E-state index contributed by atoms with van der Waals surface area (Å²) in [5, 5.41) is 10.3. The van der Waals surface area contributed by atoms with Gasteiger partial charge in [-0.25, -0.2) is 0 Å². The number of hydrogen-bond donors (Lipinski definition) is 2. The van der Waals surface area contributed by atoms with Crippen LogP contribution >= 0.6 is 0 Å². The fourth-order valence-electron chi connectivity index (χ4n) is 1.76. The zero-order valence-electron chi connectivity index (χ0n) is 9.66. The van der Waals surface area contributed by atoms with Gasteiger partial charge in [0, 0.05) is 16.6 Å². The van der Waals surface area contributed by atoms with Crippen molar-refractivity contribution >= 4 is 16.9 Å². The molecule has 0 amide bonds. The van der Waals surface area contributed by atoms with E-state index in [2.05, 4.69) is 4.98 Å². The summed E-state index contributed by atoms with van der Waals surface area (Å²) in [6, 6.07) is 7.88. The van der Waals surface area contributed by atoms with E-state index < -0.39 is 11.4 Å². The molecule has 16 heavy (non-hydrogen) atoms. The topological polar surface area (TPSA) is 53.1 Å². The van der Waals surface area contributed by atoms with Crippen LogP contribution in [0.15, 0.2) is 24.3 Å². The van der Waals surface area contributed by atoms with Crippen molar-refractivity contribution in [2.75, 3.05) is 0 Å². The maximum absolute atomic E-state index is 11.2. The lowest BCUT2D eigenvalue weighted by Crippen LogP contribution is -2.28. The van der Waals surface area contributed by atoms with E-state index >= 15 is 0 Å². The van der Waals surface area contributed by atoms with Crippen LogP contribution in [0.25, 0.3) is 10.9 Å². The van der Waals surface area contributed by atoms with Crippen LogP contribution in [0, 0.1) is 6.92 Å². The van der Waals surface area contributed by atoms with E-state index in [1.54, 1.807) is 13.8 Å². The first-order valence-corrected chi connectivity index (χ1v) is 5.25. The number of carbonyl (C=O) groups is 1. The Morgan fingerprint density at radius 1 is 1.38 bits per heavy atom. The predicted molar refractivity (Wildman–Crippen MR) is 63.7 cm³/mol. The first-order valence-electron chi connectivity index (χ1n) is 5.25. The normalized spacial score (nSPS) is 11.9. The summed E-state index contributed by atoms with van der Waals surface area (Å²) in [5.41, 5.74) is 2.00. The molecule has 84 valence electrons. The van der Waals surface area contributed by atoms with Crippen LogP contribution in [0.5, 0.6) is 0 Å². The van der Waals surface area contributed by atoms with Gasteiger partial charge in [-0.3, -0.25) is 4.79 Å². The molecule has 0 fully saturated rings. The van der Waals surface area contributed by atoms with Gasteiger partial charge in [0.15, 0.2) is 0 Å². The fourth-order valence-corrected chi connectivity index (χ4v) is 1.76. The number of aryl methyl sites for hydroxylation is 1. The van der Waals surface area contributed by atoms with E-state index in [4.69, 9.17) is 5.11 Å². The third-order valence-corrected chi connectivity index (χ3v) is 3.09. The predicted octanol–water partition coefficient (Wildman–Crippen LogP) is 2.84. The van der Waals surface area contributed by atoms with Crippen molar-refractivity contribution in [3.8, 4) is 0 Å². The second kappa shape index (κ2) is 3.37. The van der Waals surface area contributed by atoms with Gasteiger partial charge < -0.3 is 10.1 Å². The maximum atomic E-state index is 11.2. The van der Waals surface area contributed by atoms with E-state index in [1.165, 1.54) is 0 Å². The fraction of sp³-hybridized carbons (Fsp3) is 0.308. The van der Waals surface area contributed by atoms with Gasteiger partial charge in [-0.05, 0) is 38.5 Å². The Kier molecular flexibility index (Phi) is 2.26. The highest BCUT2D eigenvalue weighted by molar-refractivity contribution is 5.87. The molecule has 2 aromatic rings. The molecule has 0 radical (unpaired) electrons. The van der Waals surface area contributed by atoms with Gasteiger partial charge in [0.1, 0.15) is 5.41 Å². The average molecular weight is 217 g/mol. The first-order chi connectivity index (χ1) is 7.43. The largest absolute Gasteiger partial charge is 0.481 e. The van der Waals surface area contributed by atoms with Crippen molar-refractivity contribution in [3.05, 3.63) is 35.5 Å². The third kappa shape index (κ3) is 1.48. The molecule has 0 aliphatic heterocycles. The average Bonchev–Trinajstić information content (AvgIpc) is 2.63. The smallest absolute Gasteiger partial charge is 0.315 e. The summed E-state index contributed by atoms with van der Waals surface area (Å²) >= 11 is 0. The number of fused-ring (bicyclic) bond motifs is 1. The number of aromatic amines is 1. The summed E-state index contributed by atoms with van der Waals surface area (Å²) in [7, 11) is 0. The SMILES string of the molecule is Cc1cccc2[nH]c(C(C)(C)C(=O)O)cc12. The lowest BCUT2D eigenvalue weighted by Gasteiger charge is -2.16. The number of carboxylic acid groups (broad SMARTS) is 1. The second-order valence-corrected chi connectivity index (χ2v) is 4.65. The minimum Gasteiger partial charge on any atom is -0.481 e. The lowest BCUT2D eigenvalue weighted by atomic mass is 9.89. The Hall–Kier alpha value is -1.77. The number of H-pyrrole nitrogens is 1. The van der Waals surface area contributed by atoms with Crippen LogP contribution in [0.2, 0.25) is 0 Å². The highest BCUT2D eigenvalue weighted by Crippen LogP contribution is 2.28. The molecular formula is C13H15NO2. The molecule has 1 heterocycles. The molecule has 1 aromatic heterocycles. The van der Waals surface area contributed by atoms with E-state index in [-0.39, 0.29) is 0 Å². The number of benzene rings is 1. The van der Waals surface area contributed by atoms with Crippen molar-refractivity contribution in [1.29, 1.82) is 0 Å².